The molecule has 2 rings (SSSR count). The SMILES string of the molecule is NC1CN(CCC2CCCCO2)C1=O. The Morgan fingerprint density at radius 1 is 1.50 bits per heavy atom. The molecule has 1 amide bonds. The van der Waals surface area contributed by atoms with Gasteiger partial charge in [0.15, 0.2) is 0 Å². The summed E-state index contributed by atoms with van der Waals surface area (Å²) in [5.74, 6) is 0.0980. The van der Waals surface area contributed by atoms with Crippen LogP contribution in [0.25, 0.3) is 0 Å². The predicted molar refractivity (Wildman–Crippen MR) is 52.8 cm³/mol. The molecule has 0 bridgehead atoms. The van der Waals surface area contributed by atoms with E-state index in [0.29, 0.717) is 6.10 Å². The zero-order valence-corrected chi connectivity index (χ0v) is 8.45. The summed E-state index contributed by atoms with van der Waals surface area (Å²) in [6.45, 7) is 2.43. The fourth-order valence-corrected chi connectivity index (χ4v) is 2.06. The van der Waals surface area contributed by atoms with Gasteiger partial charge in [0.1, 0.15) is 6.04 Å². The number of hydrogen-bond acceptors (Lipinski definition) is 3. The van der Waals surface area contributed by atoms with Crippen molar-refractivity contribution in [2.24, 2.45) is 5.73 Å². The minimum atomic E-state index is -0.234. The van der Waals surface area contributed by atoms with E-state index in [9.17, 15) is 4.79 Å². The fourth-order valence-electron chi connectivity index (χ4n) is 2.06. The van der Waals surface area contributed by atoms with Crippen LogP contribution in [0.1, 0.15) is 25.7 Å². The lowest BCUT2D eigenvalue weighted by molar-refractivity contribution is -0.142. The number of nitrogens with zero attached hydrogens (tertiary/aromatic N) is 1. The van der Waals surface area contributed by atoms with E-state index in [2.05, 4.69) is 0 Å². The van der Waals surface area contributed by atoms with Gasteiger partial charge in [-0.15, -0.1) is 0 Å². The summed E-state index contributed by atoms with van der Waals surface area (Å²) < 4.78 is 5.59. The Balaban J connectivity index is 1.65. The van der Waals surface area contributed by atoms with Gasteiger partial charge in [-0.05, 0) is 25.7 Å². The maximum absolute atomic E-state index is 11.2. The van der Waals surface area contributed by atoms with Gasteiger partial charge in [-0.2, -0.15) is 0 Å². The Morgan fingerprint density at radius 3 is 2.93 bits per heavy atom. The molecule has 0 aromatic heterocycles. The maximum Gasteiger partial charge on any atom is 0.241 e. The highest BCUT2D eigenvalue weighted by Gasteiger charge is 2.33. The molecule has 2 heterocycles. The summed E-state index contributed by atoms with van der Waals surface area (Å²) in [5, 5.41) is 0. The van der Waals surface area contributed by atoms with E-state index in [1.807, 2.05) is 4.90 Å². The molecule has 0 radical (unpaired) electrons. The molecule has 0 aliphatic carbocycles. The summed E-state index contributed by atoms with van der Waals surface area (Å²) >= 11 is 0. The average Bonchev–Trinajstić information content (AvgIpc) is 2.25. The number of nitrogens with two attached hydrogens (primary N) is 1. The topological polar surface area (TPSA) is 55.6 Å². The van der Waals surface area contributed by atoms with Crippen molar-refractivity contribution in [3.8, 4) is 0 Å². The van der Waals surface area contributed by atoms with Crippen LogP contribution in [-0.4, -0.2) is 42.6 Å². The molecule has 2 saturated heterocycles. The molecule has 0 aromatic carbocycles. The van der Waals surface area contributed by atoms with Gasteiger partial charge in [0.25, 0.3) is 0 Å². The van der Waals surface area contributed by atoms with Crippen LogP contribution in [0.15, 0.2) is 0 Å². The summed E-state index contributed by atoms with van der Waals surface area (Å²) in [6.07, 6.45) is 4.93. The van der Waals surface area contributed by atoms with Gasteiger partial charge in [-0.1, -0.05) is 0 Å². The van der Waals surface area contributed by atoms with E-state index in [4.69, 9.17) is 10.5 Å². The van der Waals surface area contributed by atoms with E-state index in [0.717, 1.165) is 32.5 Å². The number of amides is 1. The standard InChI is InChI=1S/C10H18N2O2/c11-9-7-12(10(9)13)5-4-8-3-1-2-6-14-8/h8-9H,1-7,11H2. The predicted octanol–water partition coefficient (Wildman–Crippen LogP) is 0.115. The lowest BCUT2D eigenvalue weighted by Gasteiger charge is -2.37. The van der Waals surface area contributed by atoms with Gasteiger partial charge < -0.3 is 15.4 Å². The smallest absolute Gasteiger partial charge is 0.241 e. The number of carbonyl (C=O) groups excluding carboxylic acids is 1. The van der Waals surface area contributed by atoms with Gasteiger partial charge in [-0.3, -0.25) is 4.79 Å². The molecule has 14 heavy (non-hydrogen) atoms. The zero-order chi connectivity index (χ0) is 9.97. The third-order valence-corrected chi connectivity index (χ3v) is 3.04. The molecule has 2 N–H and O–H groups in total. The van der Waals surface area contributed by atoms with Crippen molar-refractivity contribution in [1.29, 1.82) is 0 Å². The number of ether oxygens (including phenoxy) is 1. The average molecular weight is 198 g/mol. The Kier molecular flexibility index (Phi) is 3.03. The molecule has 2 aliphatic heterocycles. The van der Waals surface area contributed by atoms with E-state index < -0.39 is 0 Å². The molecule has 80 valence electrons. The lowest BCUT2D eigenvalue weighted by Crippen LogP contribution is -2.61. The number of hydrogen-bond donors (Lipinski definition) is 1. The first-order chi connectivity index (χ1) is 6.77. The molecular formula is C10H18N2O2. The minimum Gasteiger partial charge on any atom is -0.378 e. The van der Waals surface area contributed by atoms with Gasteiger partial charge in [-0.25, -0.2) is 0 Å². The number of rotatable bonds is 3. The molecule has 2 unspecified atom stereocenters. The third kappa shape index (κ3) is 2.07. The van der Waals surface area contributed by atoms with E-state index >= 15 is 0 Å². The Labute approximate surface area is 84.4 Å². The molecule has 0 spiro atoms. The highest BCUT2D eigenvalue weighted by molar-refractivity contribution is 5.87. The van der Waals surface area contributed by atoms with Crippen LogP contribution < -0.4 is 5.73 Å². The molecule has 2 fully saturated rings. The Hall–Kier alpha value is -0.610. The van der Waals surface area contributed by atoms with Crippen molar-refractivity contribution in [2.45, 2.75) is 37.8 Å². The van der Waals surface area contributed by atoms with Crippen LogP contribution in [-0.2, 0) is 9.53 Å². The van der Waals surface area contributed by atoms with Crippen molar-refractivity contribution in [3.05, 3.63) is 0 Å². The van der Waals surface area contributed by atoms with Crippen LogP contribution in [0.5, 0.6) is 0 Å². The molecule has 4 nitrogen and oxygen atoms in total. The molecule has 2 aliphatic rings. The highest BCUT2D eigenvalue weighted by atomic mass is 16.5. The second kappa shape index (κ2) is 4.28. The van der Waals surface area contributed by atoms with Gasteiger partial charge in [0, 0.05) is 19.7 Å². The normalized spacial score (nSPS) is 32.9. The van der Waals surface area contributed by atoms with Gasteiger partial charge >= 0.3 is 0 Å². The summed E-state index contributed by atoms with van der Waals surface area (Å²) in [5.41, 5.74) is 5.50. The second-order valence-corrected chi connectivity index (χ2v) is 4.17. The van der Waals surface area contributed by atoms with Crippen molar-refractivity contribution in [2.75, 3.05) is 19.7 Å². The quantitative estimate of drug-likeness (QED) is 0.655. The fraction of sp³-hybridized carbons (Fsp3) is 0.900. The molecular weight excluding hydrogens is 180 g/mol. The zero-order valence-electron chi connectivity index (χ0n) is 8.45. The largest absolute Gasteiger partial charge is 0.378 e. The van der Waals surface area contributed by atoms with Crippen LogP contribution in [0.3, 0.4) is 0 Å². The van der Waals surface area contributed by atoms with E-state index in [-0.39, 0.29) is 11.9 Å². The van der Waals surface area contributed by atoms with E-state index in [1.54, 1.807) is 0 Å². The van der Waals surface area contributed by atoms with E-state index in [1.165, 1.54) is 12.8 Å². The molecule has 0 aromatic rings. The van der Waals surface area contributed by atoms with Crippen LogP contribution in [0.4, 0.5) is 0 Å². The monoisotopic (exact) mass is 198 g/mol. The molecule has 2 atom stereocenters. The number of β-lactam (4-membered cyclic amide) rings is 1. The summed E-state index contributed by atoms with van der Waals surface area (Å²) in [7, 11) is 0. The maximum atomic E-state index is 11.2. The first kappa shape index (κ1) is 9.93. The lowest BCUT2D eigenvalue weighted by atomic mass is 10.0. The summed E-state index contributed by atoms with van der Waals surface area (Å²) in [6, 6.07) is -0.234. The van der Waals surface area contributed by atoms with Crippen LogP contribution in [0.2, 0.25) is 0 Å². The minimum absolute atomic E-state index is 0.0980. The van der Waals surface area contributed by atoms with Crippen LogP contribution >= 0.6 is 0 Å². The Bertz CT molecular complexity index is 214. The number of likely N-dealkylation sites (tertiary alicyclic amines) is 1. The van der Waals surface area contributed by atoms with Crippen molar-refractivity contribution in [3.63, 3.8) is 0 Å². The van der Waals surface area contributed by atoms with Gasteiger partial charge in [0.05, 0.1) is 6.10 Å². The van der Waals surface area contributed by atoms with Crippen LogP contribution in [0, 0.1) is 0 Å². The number of carbonyl (C=O) groups is 1. The van der Waals surface area contributed by atoms with Gasteiger partial charge in [0.2, 0.25) is 5.91 Å². The van der Waals surface area contributed by atoms with Crippen molar-refractivity contribution < 1.29 is 9.53 Å². The second-order valence-electron chi connectivity index (χ2n) is 4.17. The molecule has 4 heteroatoms. The third-order valence-electron chi connectivity index (χ3n) is 3.04. The first-order valence-corrected chi connectivity index (χ1v) is 5.43. The van der Waals surface area contributed by atoms with Crippen molar-refractivity contribution >= 4 is 5.91 Å². The van der Waals surface area contributed by atoms with Crippen molar-refractivity contribution in [1.82, 2.24) is 4.90 Å². The highest BCUT2D eigenvalue weighted by Crippen LogP contribution is 2.17. The molecule has 0 saturated carbocycles. The summed E-state index contributed by atoms with van der Waals surface area (Å²) in [4.78, 5) is 13.0. The first-order valence-electron chi connectivity index (χ1n) is 5.43. The Morgan fingerprint density at radius 2 is 2.36 bits per heavy atom.